The van der Waals surface area contributed by atoms with Crippen LogP contribution in [0.1, 0.15) is 10.5 Å². The summed E-state index contributed by atoms with van der Waals surface area (Å²) >= 11 is 5.55. The maximum absolute atomic E-state index is 11.5. The summed E-state index contributed by atoms with van der Waals surface area (Å²) in [6.07, 6.45) is 0. The maximum Gasteiger partial charge on any atom is 0.273 e. The van der Waals surface area contributed by atoms with Crippen LogP contribution in [0.4, 0.5) is 0 Å². The number of hydrogen-bond acceptors (Lipinski definition) is 5. The minimum atomic E-state index is -0.236. The molecule has 0 radical (unpaired) electrons. The molecule has 84 valence electrons. The van der Waals surface area contributed by atoms with Crippen LogP contribution in [0.15, 0.2) is 28.1 Å². The second kappa shape index (κ2) is 5.18. The Balaban J connectivity index is 2.11. The molecule has 2 heterocycles. The Morgan fingerprint density at radius 2 is 2.50 bits per heavy atom. The molecule has 0 saturated heterocycles. The van der Waals surface area contributed by atoms with Gasteiger partial charge in [-0.15, -0.1) is 11.3 Å². The summed E-state index contributed by atoms with van der Waals surface area (Å²) in [5.41, 5.74) is 0.296. The van der Waals surface area contributed by atoms with Crippen LogP contribution in [0.2, 0.25) is 0 Å². The van der Waals surface area contributed by atoms with Crippen molar-refractivity contribution in [2.45, 2.75) is 0 Å². The number of amides is 1. The van der Waals surface area contributed by atoms with Gasteiger partial charge in [-0.3, -0.25) is 4.79 Å². The zero-order chi connectivity index (χ0) is 11.4. The Morgan fingerprint density at radius 1 is 1.62 bits per heavy atom. The molecule has 1 amide bonds. The van der Waals surface area contributed by atoms with E-state index >= 15 is 0 Å². The lowest BCUT2D eigenvalue weighted by atomic mass is 10.3. The van der Waals surface area contributed by atoms with E-state index in [0.29, 0.717) is 23.8 Å². The summed E-state index contributed by atoms with van der Waals surface area (Å²) in [6, 6.07) is 5.48. The van der Waals surface area contributed by atoms with Gasteiger partial charge in [0.25, 0.3) is 5.91 Å². The number of nitrogens with one attached hydrogen (secondary N) is 1. The van der Waals surface area contributed by atoms with Crippen molar-refractivity contribution in [3.05, 3.63) is 29.3 Å². The fraction of sp³-hybridized carbons (Fsp3) is 0.200. The van der Waals surface area contributed by atoms with Crippen molar-refractivity contribution in [3.63, 3.8) is 0 Å². The highest BCUT2D eigenvalue weighted by atomic mass is 32.1. The first-order chi connectivity index (χ1) is 7.81. The van der Waals surface area contributed by atoms with Crippen molar-refractivity contribution in [1.82, 2.24) is 10.5 Å². The first-order valence-corrected chi connectivity index (χ1v) is 6.22. The van der Waals surface area contributed by atoms with Gasteiger partial charge in [0.2, 0.25) is 0 Å². The molecule has 4 nitrogen and oxygen atoms in total. The third-order valence-corrected chi connectivity index (χ3v) is 3.01. The fourth-order valence-electron chi connectivity index (χ4n) is 1.18. The maximum atomic E-state index is 11.5. The van der Waals surface area contributed by atoms with Crippen molar-refractivity contribution in [2.24, 2.45) is 0 Å². The van der Waals surface area contributed by atoms with Gasteiger partial charge in [-0.25, -0.2) is 0 Å². The van der Waals surface area contributed by atoms with Gasteiger partial charge in [0.05, 0.1) is 4.88 Å². The molecule has 0 saturated carbocycles. The van der Waals surface area contributed by atoms with Crippen LogP contribution in [-0.4, -0.2) is 23.4 Å². The number of thiophene rings is 1. The lowest BCUT2D eigenvalue weighted by Gasteiger charge is -1.97. The van der Waals surface area contributed by atoms with Crippen LogP contribution in [-0.2, 0) is 0 Å². The number of hydrogen-bond donors (Lipinski definition) is 2. The van der Waals surface area contributed by atoms with Crippen molar-refractivity contribution >= 4 is 29.9 Å². The topological polar surface area (TPSA) is 55.1 Å². The van der Waals surface area contributed by atoms with Gasteiger partial charge in [-0.05, 0) is 11.4 Å². The predicted octanol–water partition coefficient (Wildman–Crippen LogP) is 2.06. The fourth-order valence-corrected chi connectivity index (χ4v) is 1.96. The third-order valence-electron chi connectivity index (χ3n) is 1.90. The van der Waals surface area contributed by atoms with Crippen LogP contribution < -0.4 is 5.32 Å². The summed E-state index contributed by atoms with van der Waals surface area (Å²) in [5.74, 6) is 0.980. The molecule has 1 N–H and O–H groups in total. The van der Waals surface area contributed by atoms with Gasteiger partial charge in [-0.1, -0.05) is 11.2 Å². The Labute approximate surface area is 102 Å². The average molecular weight is 254 g/mol. The lowest BCUT2D eigenvalue weighted by molar-refractivity contribution is 0.0947. The molecule has 16 heavy (non-hydrogen) atoms. The number of carbonyl (C=O) groups is 1. The molecule has 6 heteroatoms. The SMILES string of the molecule is O=C(NCCS)c1cc(-c2cccs2)on1. The summed E-state index contributed by atoms with van der Waals surface area (Å²) < 4.78 is 5.09. The summed E-state index contributed by atoms with van der Waals surface area (Å²) in [7, 11) is 0. The van der Waals surface area contributed by atoms with E-state index in [1.165, 1.54) is 0 Å². The molecule has 0 atom stereocenters. The van der Waals surface area contributed by atoms with E-state index in [0.717, 1.165) is 4.88 Å². The van der Waals surface area contributed by atoms with E-state index in [9.17, 15) is 4.79 Å². The van der Waals surface area contributed by atoms with E-state index in [1.807, 2.05) is 17.5 Å². The van der Waals surface area contributed by atoms with Crippen LogP contribution in [0.5, 0.6) is 0 Å². The Bertz CT molecular complexity index is 465. The van der Waals surface area contributed by atoms with Gasteiger partial charge in [0.15, 0.2) is 11.5 Å². The summed E-state index contributed by atoms with van der Waals surface area (Å²) in [4.78, 5) is 12.5. The van der Waals surface area contributed by atoms with E-state index in [1.54, 1.807) is 17.4 Å². The Kier molecular flexibility index (Phi) is 3.63. The lowest BCUT2D eigenvalue weighted by Crippen LogP contribution is -2.25. The monoisotopic (exact) mass is 254 g/mol. The molecule has 2 aromatic rings. The standard InChI is InChI=1S/C10H10N2O2S2/c13-10(11-3-4-15)7-6-8(14-12-7)9-2-1-5-16-9/h1-2,5-6,15H,3-4H2,(H,11,13). The zero-order valence-corrected chi connectivity index (χ0v) is 10.1. The van der Waals surface area contributed by atoms with Gasteiger partial charge in [0, 0.05) is 18.4 Å². The molecule has 0 aliphatic carbocycles. The predicted molar refractivity (Wildman–Crippen MR) is 66.0 cm³/mol. The summed E-state index contributed by atoms with van der Waals surface area (Å²) in [5, 5.41) is 8.34. The smallest absolute Gasteiger partial charge is 0.273 e. The molecule has 0 bridgehead atoms. The number of carbonyl (C=O) groups excluding carboxylic acids is 1. The van der Waals surface area contributed by atoms with Crippen LogP contribution in [0.3, 0.4) is 0 Å². The molecule has 0 aliphatic rings. The molecule has 0 fully saturated rings. The number of nitrogens with zero attached hydrogens (tertiary/aromatic N) is 1. The van der Waals surface area contributed by atoms with E-state index in [2.05, 4.69) is 23.1 Å². The third kappa shape index (κ3) is 2.45. The van der Waals surface area contributed by atoms with Crippen molar-refractivity contribution in [3.8, 4) is 10.6 Å². The first-order valence-electron chi connectivity index (χ1n) is 4.71. The molecular weight excluding hydrogens is 244 g/mol. The molecule has 0 spiro atoms. The largest absolute Gasteiger partial charge is 0.355 e. The van der Waals surface area contributed by atoms with Gasteiger partial charge < -0.3 is 9.84 Å². The van der Waals surface area contributed by atoms with Gasteiger partial charge in [0.1, 0.15) is 0 Å². The first kappa shape index (κ1) is 11.2. The molecule has 0 aliphatic heterocycles. The second-order valence-corrected chi connectivity index (χ2v) is 4.43. The highest BCUT2D eigenvalue weighted by Gasteiger charge is 2.13. The molecule has 2 aromatic heterocycles. The number of thiol groups is 1. The molecule has 0 unspecified atom stereocenters. The second-order valence-electron chi connectivity index (χ2n) is 3.03. The van der Waals surface area contributed by atoms with E-state index < -0.39 is 0 Å². The van der Waals surface area contributed by atoms with Crippen molar-refractivity contribution in [2.75, 3.05) is 12.3 Å². The molecule has 2 rings (SSSR count). The van der Waals surface area contributed by atoms with Crippen LogP contribution >= 0.6 is 24.0 Å². The normalized spacial score (nSPS) is 10.3. The molecular formula is C10H10N2O2S2. The highest BCUT2D eigenvalue weighted by molar-refractivity contribution is 7.80. The average Bonchev–Trinajstić information content (AvgIpc) is 2.94. The Hall–Kier alpha value is -1.27. The minimum Gasteiger partial charge on any atom is -0.355 e. The zero-order valence-electron chi connectivity index (χ0n) is 8.34. The van der Waals surface area contributed by atoms with Crippen LogP contribution in [0, 0.1) is 0 Å². The highest BCUT2D eigenvalue weighted by Crippen LogP contribution is 2.24. The number of aromatic nitrogens is 1. The molecule has 0 aromatic carbocycles. The quantitative estimate of drug-likeness (QED) is 0.821. The summed E-state index contributed by atoms with van der Waals surface area (Å²) in [6.45, 7) is 0.517. The van der Waals surface area contributed by atoms with Crippen molar-refractivity contribution < 1.29 is 9.32 Å². The minimum absolute atomic E-state index is 0.236. The van der Waals surface area contributed by atoms with E-state index in [-0.39, 0.29) is 5.91 Å². The Morgan fingerprint density at radius 3 is 3.19 bits per heavy atom. The van der Waals surface area contributed by atoms with E-state index in [4.69, 9.17) is 4.52 Å². The van der Waals surface area contributed by atoms with Crippen LogP contribution in [0.25, 0.3) is 10.6 Å². The van der Waals surface area contributed by atoms with Crippen molar-refractivity contribution in [1.29, 1.82) is 0 Å². The van der Waals surface area contributed by atoms with Gasteiger partial charge >= 0.3 is 0 Å². The van der Waals surface area contributed by atoms with Gasteiger partial charge in [-0.2, -0.15) is 12.6 Å². The number of rotatable bonds is 4.